The number of ether oxygens (including phenoxy) is 1. The fourth-order valence-corrected chi connectivity index (χ4v) is 2.33. The Morgan fingerprint density at radius 2 is 1.82 bits per heavy atom. The van der Waals surface area contributed by atoms with Crippen LogP contribution in [-0.4, -0.2) is 37.4 Å². The van der Waals surface area contributed by atoms with Gasteiger partial charge in [0.1, 0.15) is 5.75 Å². The Morgan fingerprint density at radius 1 is 1.18 bits per heavy atom. The lowest BCUT2D eigenvalue weighted by Crippen LogP contribution is -2.41. The Bertz CT molecular complexity index is 463. The van der Waals surface area contributed by atoms with Gasteiger partial charge in [-0.15, -0.1) is 0 Å². The fraction of sp³-hybridized carbons (Fsp3) is 0.588. The van der Waals surface area contributed by atoms with Crippen molar-refractivity contribution in [3.63, 3.8) is 0 Å². The average molecular weight is 308 g/mol. The zero-order valence-corrected chi connectivity index (χ0v) is 13.9. The van der Waals surface area contributed by atoms with Gasteiger partial charge in [0.2, 0.25) is 0 Å². The smallest absolute Gasteiger partial charge is 0.314 e. The Balaban J connectivity index is 2.37. The van der Waals surface area contributed by atoms with Crippen molar-refractivity contribution in [1.29, 1.82) is 0 Å². The van der Waals surface area contributed by atoms with Crippen LogP contribution in [0.2, 0.25) is 0 Å². The zero-order valence-electron chi connectivity index (χ0n) is 13.9. The van der Waals surface area contributed by atoms with Gasteiger partial charge in [-0.3, -0.25) is 0 Å². The molecule has 0 aliphatic heterocycles. The minimum Gasteiger partial charge on any atom is -0.496 e. The third-order valence-corrected chi connectivity index (χ3v) is 3.48. The van der Waals surface area contributed by atoms with Gasteiger partial charge >= 0.3 is 6.03 Å². The number of hydrogen-bond donors (Lipinski definition) is 3. The molecule has 5 nitrogen and oxygen atoms in total. The van der Waals surface area contributed by atoms with E-state index in [9.17, 15) is 9.90 Å². The van der Waals surface area contributed by atoms with Crippen LogP contribution in [0.15, 0.2) is 24.3 Å². The molecule has 0 bridgehead atoms. The Morgan fingerprint density at radius 3 is 2.45 bits per heavy atom. The molecule has 1 rings (SSSR count). The van der Waals surface area contributed by atoms with E-state index in [-0.39, 0.29) is 18.5 Å². The molecule has 0 heterocycles. The van der Waals surface area contributed by atoms with Crippen molar-refractivity contribution in [1.82, 2.24) is 10.6 Å². The highest BCUT2D eigenvalue weighted by Crippen LogP contribution is 2.25. The number of benzene rings is 1. The third-order valence-electron chi connectivity index (χ3n) is 3.48. The summed E-state index contributed by atoms with van der Waals surface area (Å²) in [4.78, 5) is 11.8. The fourth-order valence-electron chi connectivity index (χ4n) is 2.33. The first kappa shape index (κ1) is 18.3. The predicted octanol–water partition coefficient (Wildman–Crippen LogP) is 2.50. The number of carbonyl (C=O) groups is 1. The van der Waals surface area contributed by atoms with Crippen molar-refractivity contribution < 1.29 is 14.6 Å². The van der Waals surface area contributed by atoms with Crippen LogP contribution >= 0.6 is 0 Å². The summed E-state index contributed by atoms with van der Waals surface area (Å²) in [6.45, 7) is 6.89. The van der Waals surface area contributed by atoms with Crippen LogP contribution in [0.1, 0.15) is 38.7 Å². The van der Waals surface area contributed by atoms with Gasteiger partial charge in [0.05, 0.1) is 13.2 Å². The number of urea groups is 1. The van der Waals surface area contributed by atoms with E-state index in [4.69, 9.17) is 4.74 Å². The molecule has 2 unspecified atom stereocenters. The van der Waals surface area contributed by atoms with Crippen molar-refractivity contribution in [3.8, 4) is 5.75 Å². The maximum atomic E-state index is 11.8. The number of hydrogen-bond acceptors (Lipinski definition) is 3. The van der Waals surface area contributed by atoms with Crippen molar-refractivity contribution >= 4 is 6.03 Å². The first-order valence-corrected chi connectivity index (χ1v) is 7.76. The second-order valence-corrected chi connectivity index (χ2v) is 6.02. The Hall–Kier alpha value is -1.75. The van der Waals surface area contributed by atoms with Gasteiger partial charge in [-0.1, -0.05) is 39.0 Å². The van der Waals surface area contributed by atoms with E-state index in [1.54, 1.807) is 7.11 Å². The Labute approximate surface area is 133 Å². The summed E-state index contributed by atoms with van der Waals surface area (Å²) in [5.41, 5.74) is 1.06. The van der Waals surface area contributed by atoms with E-state index in [0.717, 1.165) is 11.3 Å². The number of amides is 2. The molecule has 0 fully saturated rings. The van der Waals surface area contributed by atoms with Crippen LogP contribution in [0.5, 0.6) is 5.75 Å². The number of para-hydroxylation sites is 1. The molecule has 3 N–H and O–H groups in total. The van der Waals surface area contributed by atoms with E-state index < -0.39 is 6.10 Å². The summed E-state index contributed by atoms with van der Waals surface area (Å²) >= 11 is 0. The second-order valence-electron chi connectivity index (χ2n) is 6.02. The molecule has 0 aromatic heterocycles. The van der Waals surface area contributed by atoms with Gasteiger partial charge in [0.25, 0.3) is 0 Å². The van der Waals surface area contributed by atoms with Crippen molar-refractivity contribution in [2.24, 2.45) is 5.92 Å². The number of aliphatic hydroxyl groups is 1. The van der Waals surface area contributed by atoms with E-state index in [0.29, 0.717) is 18.9 Å². The van der Waals surface area contributed by atoms with E-state index >= 15 is 0 Å². The molecule has 0 spiro atoms. The predicted molar refractivity (Wildman–Crippen MR) is 88.3 cm³/mol. The number of aliphatic hydroxyl groups excluding tert-OH is 1. The number of methoxy groups -OCH3 is 1. The monoisotopic (exact) mass is 308 g/mol. The second kappa shape index (κ2) is 9.30. The molecule has 0 aliphatic carbocycles. The summed E-state index contributed by atoms with van der Waals surface area (Å²) < 4.78 is 5.33. The number of rotatable bonds is 8. The topological polar surface area (TPSA) is 70.6 Å². The van der Waals surface area contributed by atoms with Crippen LogP contribution in [-0.2, 0) is 0 Å². The SMILES string of the molecule is COc1ccccc1C(C)CNC(=O)NCC(O)CC(C)C. The third kappa shape index (κ3) is 6.35. The molecule has 0 saturated carbocycles. The first-order valence-electron chi connectivity index (χ1n) is 7.76. The summed E-state index contributed by atoms with van der Waals surface area (Å²) in [5, 5.41) is 15.2. The molecule has 5 heteroatoms. The summed E-state index contributed by atoms with van der Waals surface area (Å²) in [6.07, 6.45) is 0.176. The van der Waals surface area contributed by atoms with Crippen LogP contribution < -0.4 is 15.4 Å². The molecule has 22 heavy (non-hydrogen) atoms. The largest absolute Gasteiger partial charge is 0.496 e. The molecule has 0 aliphatic rings. The molecule has 1 aromatic carbocycles. The lowest BCUT2D eigenvalue weighted by Gasteiger charge is -2.17. The van der Waals surface area contributed by atoms with E-state index in [1.807, 2.05) is 45.0 Å². The molecule has 0 saturated heterocycles. The van der Waals surface area contributed by atoms with Crippen molar-refractivity contribution in [2.75, 3.05) is 20.2 Å². The van der Waals surface area contributed by atoms with Gasteiger partial charge in [-0.25, -0.2) is 4.79 Å². The van der Waals surface area contributed by atoms with Crippen molar-refractivity contribution in [3.05, 3.63) is 29.8 Å². The van der Waals surface area contributed by atoms with Crippen LogP contribution in [0, 0.1) is 5.92 Å². The molecular weight excluding hydrogens is 280 g/mol. The highest BCUT2D eigenvalue weighted by Gasteiger charge is 2.13. The zero-order chi connectivity index (χ0) is 16.5. The molecule has 2 atom stereocenters. The molecule has 1 aromatic rings. The van der Waals surface area contributed by atoms with Gasteiger partial charge in [0, 0.05) is 19.0 Å². The molecular formula is C17H28N2O3. The summed E-state index contributed by atoms with van der Waals surface area (Å²) in [6, 6.07) is 7.52. The first-order chi connectivity index (χ1) is 10.4. The van der Waals surface area contributed by atoms with Gasteiger partial charge in [-0.05, 0) is 24.0 Å². The quantitative estimate of drug-likeness (QED) is 0.691. The van der Waals surface area contributed by atoms with Crippen LogP contribution in [0.25, 0.3) is 0 Å². The standard InChI is InChI=1S/C17H28N2O3/c1-12(2)9-14(20)11-19-17(21)18-10-13(3)15-7-5-6-8-16(15)22-4/h5-8,12-14,20H,9-11H2,1-4H3,(H2,18,19,21). The lowest BCUT2D eigenvalue weighted by molar-refractivity contribution is 0.147. The van der Waals surface area contributed by atoms with Crippen LogP contribution in [0.4, 0.5) is 4.79 Å². The van der Waals surface area contributed by atoms with Gasteiger partial charge in [0.15, 0.2) is 0 Å². The molecule has 2 amide bonds. The summed E-state index contributed by atoms with van der Waals surface area (Å²) in [5.74, 6) is 1.37. The number of carbonyl (C=O) groups excluding carboxylic acids is 1. The minimum absolute atomic E-state index is 0.141. The van der Waals surface area contributed by atoms with E-state index in [2.05, 4.69) is 10.6 Å². The lowest BCUT2D eigenvalue weighted by atomic mass is 10.0. The minimum atomic E-state index is -0.502. The van der Waals surface area contributed by atoms with Crippen LogP contribution in [0.3, 0.4) is 0 Å². The normalized spacial score (nSPS) is 13.5. The van der Waals surface area contributed by atoms with Gasteiger partial charge < -0.3 is 20.5 Å². The maximum Gasteiger partial charge on any atom is 0.314 e. The van der Waals surface area contributed by atoms with Gasteiger partial charge in [-0.2, -0.15) is 0 Å². The van der Waals surface area contributed by atoms with E-state index in [1.165, 1.54) is 0 Å². The molecule has 0 radical (unpaired) electrons. The average Bonchev–Trinajstić information content (AvgIpc) is 2.49. The maximum absolute atomic E-state index is 11.8. The number of nitrogens with one attached hydrogen (secondary N) is 2. The molecule has 124 valence electrons. The highest BCUT2D eigenvalue weighted by molar-refractivity contribution is 5.73. The summed E-state index contributed by atoms with van der Waals surface area (Å²) in [7, 11) is 1.64. The van der Waals surface area contributed by atoms with Crippen molar-refractivity contribution in [2.45, 2.75) is 39.2 Å². The highest BCUT2D eigenvalue weighted by atomic mass is 16.5. The Kier molecular flexibility index (Phi) is 7.74.